The van der Waals surface area contributed by atoms with Gasteiger partial charge in [-0.15, -0.1) is 0 Å². The monoisotopic (exact) mass is 209 g/mol. The number of β-amino-alcohol motifs (C(OH)–C–C–N with tert-alkyl or cyclic N) is 1. The lowest BCUT2D eigenvalue weighted by molar-refractivity contribution is 0.0776. The van der Waals surface area contributed by atoms with Crippen molar-refractivity contribution >= 4 is 10.0 Å². The molecule has 1 heterocycles. The third-order valence-electron chi connectivity index (χ3n) is 2.08. The zero-order chi connectivity index (χ0) is 9.90. The second-order valence-electron chi connectivity index (χ2n) is 3.22. The molecule has 1 saturated heterocycles. The first-order chi connectivity index (χ1) is 6.06. The summed E-state index contributed by atoms with van der Waals surface area (Å²) in [5, 5.41) is 17.7. The highest BCUT2D eigenvalue weighted by Gasteiger charge is 2.26. The standard InChI is InChI=1S/C7H15NO4S/c9-6-7(10)5-8-3-1-2-4-13(8,11)12/h7,9-10H,1-6H2. The molecule has 78 valence electrons. The minimum absolute atomic E-state index is 0.0127. The van der Waals surface area contributed by atoms with Crippen molar-refractivity contribution in [3.05, 3.63) is 0 Å². The van der Waals surface area contributed by atoms with Gasteiger partial charge >= 0.3 is 0 Å². The molecule has 0 saturated carbocycles. The predicted molar refractivity (Wildman–Crippen MR) is 47.7 cm³/mol. The topological polar surface area (TPSA) is 77.8 Å². The van der Waals surface area contributed by atoms with E-state index in [0.29, 0.717) is 13.0 Å². The van der Waals surface area contributed by atoms with Gasteiger partial charge in [0.1, 0.15) is 0 Å². The molecule has 1 aliphatic rings. The van der Waals surface area contributed by atoms with Gasteiger partial charge in [0.05, 0.1) is 18.5 Å². The van der Waals surface area contributed by atoms with Crippen molar-refractivity contribution in [2.45, 2.75) is 18.9 Å². The van der Waals surface area contributed by atoms with Gasteiger partial charge in [-0.25, -0.2) is 8.42 Å². The molecule has 5 nitrogen and oxygen atoms in total. The molecule has 1 fully saturated rings. The number of aliphatic hydroxyl groups excluding tert-OH is 2. The van der Waals surface area contributed by atoms with Crippen LogP contribution in [0.1, 0.15) is 12.8 Å². The zero-order valence-corrected chi connectivity index (χ0v) is 8.20. The quantitative estimate of drug-likeness (QED) is 0.610. The molecule has 13 heavy (non-hydrogen) atoms. The molecular formula is C7H15NO4S. The Labute approximate surface area is 78.0 Å². The first kappa shape index (κ1) is 10.9. The molecule has 2 N–H and O–H groups in total. The van der Waals surface area contributed by atoms with Gasteiger partial charge in [0.15, 0.2) is 0 Å². The molecule has 6 heteroatoms. The van der Waals surface area contributed by atoms with Crippen LogP contribution < -0.4 is 0 Å². The smallest absolute Gasteiger partial charge is 0.214 e. The van der Waals surface area contributed by atoms with Gasteiger partial charge in [0, 0.05) is 13.1 Å². The van der Waals surface area contributed by atoms with Crippen molar-refractivity contribution in [3.63, 3.8) is 0 Å². The molecule has 0 bridgehead atoms. The third kappa shape index (κ3) is 2.91. The molecule has 0 spiro atoms. The van der Waals surface area contributed by atoms with Crippen LogP contribution in [0, 0.1) is 0 Å². The molecule has 0 aromatic heterocycles. The van der Waals surface area contributed by atoms with Crippen LogP contribution in [0.5, 0.6) is 0 Å². The summed E-state index contributed by atoms with van der Waals surface area (Å²) in [7, 11) is -3.17. The second kappa shape index (κ2) is 4.36. The highest BCUT2D eigenvalue weighted by molar-refractivity contribution is 7.89. The van der Waals surface area contributed by atoms with Gasteiger partial charge in [-0.3, -0.25) is 0 Å². The summed E-state index contributed by atoms with van der Waals surface area (Å²) < 4.78 is 24.0. The van der Waals surface area contributed by atoms with Crippen LogP contribution in [0.2, 0.25) is 0 Å². The lowest BCUT2D eigenvalue weighted by Crippen LogP contribution is -2.43. The fourth-order valence-electron chi connectivity index (χ4n) is 1.34. The number of sulfonamides is 1. The zero-order valence-electron chi connectivity index (χ0n) is 7.39. The Hall–Kier alpha value is -0.170. The van der Waals surface area contributed by atoms with E-state index in [1.807, 2.05) is 0 Å². The van der Waals surface area contributed by atoms with Crippen LogP contribution in [0.25, 0.3) is 0 Å². The molecule has 0 aliphatic carbocycles. The Kier molecular flexibility index (Phi) is 3.66. The third-order valence-corrected chi connectivity index (χ3v) is 4.00. The number of aliphatic hydroxyl groups is 2. The summed E-state index contributed by atoms with van der Waals surface area (Å²) in [4.78, 5) is 0. The number of nitrogens with zero attached hydrogens (tertiary/aromatic N) is 1. The summed E-state index contributed by atoms with van der Waals surface area (Å²) in [5.41, 5.74) is 0. The Bertz CT molecular complexity index is 251. The van der Waals surface area contributed by atoms with Gasteiger partial charge in [-0.05, 0) is 12.8 Å². The average molecular weight is 209 g/mol. The summed E-state index contributed by atoms with van der Waals surface area (Å²) in [6.07, 6.45) is 0.554. The molecule has 0 aromatic rings. The van der Waals surface area contributed by atoms with Gasteiger partial charge in [0.2, 0.25) is 10.0 Å². The molecule has 0 radical (unpaired) electrons. The van der Waals surface area contributed by atoms with Crippen molar-refractivity contribution in [3.8, 4) is 0 Å². The fourth-order valence-corrected chi connectivity index (χ4v) is 2.97. The van der Waals surface area contributed by atoms with Crippen molar-refractivity contribution in [1.29, 1.82) is 0 Å². The molecule has 1 unspecified atom stereocenters. The van der Waals surface area contributed by atoms with E-state index < -0.39 is 22.7 Å². The number of rotatable bonds is 3. The van der Waals surface area contributed by atoms with Gasteiger partial charge in [0.25, 0.3) is 0 Å². The van der Waals surface area contributed by atoms with E-state index in [0.717, 1.165) is 6.42 Å². The second-order valence-corrected chi connectivity index (χ2v) is 5.31. The van der Waals surface area contributed by atoms with Crippen molar-refractivity contribution < 1.29 is 18.6 Å². The first-order valence-corrected chi connectivity index (χ1v) is 5.94. The van der Waals surface area contributed by atoms with E-state index in [1.165, 1.54) is 4.31 Å². The number of hydrogen-bond donors (Lipinski definition) is 2. The minimum Gasteiger partial charge on any atom is -0.394 e. The molecule has 0 amide bonds. The summed E-state index contributed by atoms with van der Waals surface area (Å²) in [5.74, 6) is 0.158. The average Bonchev–Trinajstić information content (AvgIpc) is 2.08. The normalized spacial score (nSPS) is 25.7. The Morgan fingerprint density at radius 1 is 1.38 bits per heavy atom. The van der Waals surface area contributed by atoms with Crippen LogP contribution in [-0.2, 0) is 10.0 Å². The molecule has 0 aromatic carbocycles. The van der Waals surface area contributed by atoms with Crippen LogP contribution in [0.15, 0.2) is 0 Å². The van der Waals surface area contributed by atoms with E-state index in [1.54, 1.807) is 0 Å². The Morgan fingerprint density at radius 3 is 2.62 bits per heavy atom. The van der Waals surface area contributed by atoms with Gasteiger partial charge in [-0.1, -0.05) is 0 Å². The van der Waals surface area contributed by atoms with E-state index in [4.69, 9.17) is 10.2 Å². The molecule has 1 aliphatic heterocycles. The highest BCUT2D eigenvalue weighted by Crippen LogP contribution is 2.13. The fraction of sp³-hybridized carbons (Fsp3) is 1.00. The maximum Gasteiger partial charge on any atom is 0.214 e. The van der Waals surface area contributed by atoms with Crippen LogP contribution in [0.3, 0.4) is 0 Å². The SMILES string of the molecule is O=S1(=O)CCCCN1CC(O)CO. The van der Waals surface area contributed by atoms with Crippen LogP contribution in [-0.4, -0.2) is 54.5 Å². The van der Waals surface area contributed by atoms with E-state index in [9.17, 15) is 8.42 Å². The summed E-state index contributed by atoms with van der Waals surface area (Å²) in [6.45, 7) is 0.0737. The minimum atomic E-state index is -3.17. The van der Waals surface area contributed by atoms with E-state index >= 15 is 0 Å². The lowest BCUT2D eigenvalue weighted by Gasteiger charge is -2.27. The maximum atomic E-state index is 11.4. The van der Waals surface area contributed by atoms with Gasteiger partial charge in [-0.2, -0.15) is 4.31 Å². The molecule has 1 atom stereocenters. The van der Waals surface area contributed by atoms with Crippen molar-refractivity contribution in [2.24, 2.45) is 0 Å². The Balaban J connectivity index is 2.56. The predicted octanol–water partition coefficient (Wildman–Crippen LogP) is -1.23. The van der Waals surface area contributed by atoms with Crippen molar-refractivity contribution in [1.82, 2.24) is 4.31 Å². The molecular weight excluding hydrogens is 194 g/mol. The lowest BCUT2D eigenvalue weighted by atomic mass is 10.3. The number of hydrogen-bond acceptors (Lipinski definition) is 4. The maximum absolute atomic E-state index is 11.4. The highest BCUT2D eigenvalue weighted by atomic mass is 32.2. The van der Waals surface area contributed by atoms with Gasteiger partial charge < -0.3 is 10.2 Å². The van der Waals surface area contributed by atoms with Crippen molar-refractivity contribution in [2.75, 3.05) is 25.4 Å². The summed E-state index contributed by atoms with van der Waals surface area (Å²) >= 11 is 0. The van der Waals surface area contributed by atoms with E-state index in [2.05, 4.69) is 0 Å². The first-order valence-electron chi connectivity index (χ1n) is 4.33. The van der Waals surface area contributed by atoms with Crippen LogP contribution in [0.4, 0.5) is 0 Å². The Morgan fingerprint density at radius 2 is 2.08 bits per heavy atom. The van der Waals surface area contributed by atoms with Crippen LogP contribution >= 0.6 is 0 Å². The van der Waals surface area contributed by atoms with E-state index in [-0.39, 0.29) is 12.3 Å². The largest absolute Gasteiger partial charge is 0.394 e. The molecule has 1 rings (SSSR count). The summed E-state index contributed by atoms with van der Waals surface area (Å²) in [6, 6.07) is 0.